The minimum absolute atomic E-state index is 0. The molecule has 0 bridgehead atoms. The third-order valence-electron chi connectivity index (χ3n) is 6.89. The molecule has 1 amide bonds. The summed E-state index contributed by atoms with van der Waals surface area (Å²) in [6.07, 6.45) is 12.8. The molecule has 2 aromatic rings. The van der Waals surface area contributed by atoms with Crippen LogP contribution in [0.2, 0.25) is 0 Å². The molecular weight excluding hydrogens is 568 g/mol. The first-order valence-electron chi connectivity index (χ1n) is 14.4. The first-order chi connectivity index (χ1) is 18.2. The molecule has 216 valence electrons. The molecule has 0 aromatic heterocycles. The molecule has 0 spiro atoms. The van der Waals surface area contributed by atoms with E-state index < -0.39 is 0 Å². The van der Waals surface area contributed by atoms with Gasteiger partial charge in [-0.2, -0.15) is 0 Å². The number of ether oxygens (including phenoxy) is 1. The Balaban J connectivity index is 0.00000533. The second-order valence-electron chi connectivity index (χ2n) is 11.6. The van der Waals surface area contributed by atoms with Crippen LogP contribution in [0.1, 0.15) is 103 Å². The van der Waals surface area contributed by atoms with E-state index >= 15 is 0 Å². The molecule has 39 heavy (non-hydrogen) atoms. The molecule has 0 saturated carbocycles. The van der Waals surface area contributed by atoms with Gasteiger partial charge in [0.25, 0.3) is 0 Å². The summed E-state index contributed by atoms with van der Waals surface area (Å²) in [5, 5.41) is 3.09. The van der Waals surface area contributed by atoms with Gasteiger partial charge >= 0.3 is 0 Å². The van der Waals surface area contributed by atoms with Crippen molar-refractivity contribution in [2.24, 2.45) is 0 Å². The summed E-state index contributed by atoms with van der Waals surface area (Å²) in [6, 6.07) is 14.4. The number of rotatable bonds is 15. The first-order valence-corrected chi connectivity index (χ1v) is 15.4. The van der Waals surface area contributed by atoms with Gasteiger partial charge in [-0.3, -0.25) is 4.79 Å². The highest BCUT2D eigenvalue weighted by atomic mass is 79.9. The normalized spacial score (nSPS) is 13.2. The molecule has 1 N–H and O–H groups in total. The summed E-state index contributed by atoms with van der Waals surface area (Å²) < 4.78 is 6.29. The van der Waals surface area contributed by atoms with Crippen LogP contribution in [0.3, 0.4) is 0 Å². The number of anilines is 1. The van der Waals surface area contributed by atoms with Crippen LogP contribution in [0.15, 0.2) is 53.6 Å². The van der Waals surface area contributed by atoms with Gasteiger partial charge in [-0.05, 0) is 58.6 Å². The highest BCUT2D eigenvalue weighted by molar-refractivity contribution is 8.93. The highest BCUT2D eigenvalue weighted by Crippen LogP contribution is 2.33. The predicted molar refractivity (Wildman–Crippen MR) is 174 cm³/mol. The zero-order valence-electron chi connectivity index (χ0n) is 24.7. The minimum Gasteiger partial charge on any atom is -0.493 e. The molecule has 0 fully saturated rings. The van der Waals surface area contributed by atoms with Gasteiger partial charge in [-0.1, -0.05) is 96.9 Å². The second kappa shape index (κ2) is 17.0. The molecular formula is C33H49BrN2O2S. The number of unbranched alkanes of at least 4 members (excludes halogenated alkanes) is 7. The number of halogens is 1. The van der Waals surface area contributed by atoms with Crippen LogP contribution in [0.25, 0.3) is 0 Å². The average molecular weight is 618 g/mol. The van der Waals surface area contributed by atoms with Crippen LogP contribution in [-0.4, -0.2) is 23.3 Å². The Hall–Kier alpha value is -1.92. The summed E-state index contributed by atoms with van der Waals surface area (Å²) in [5.74, 6) is 1.89. The number of hydrogen-bond donors (Lipinski definition) is 1. The Morgan fingerprint density at radius 2 is 1.69 bits per heavy atom. The van der Waals surface area contributed by atoms with Gasteiger partial charge in [0.2, 0.25) is 5.91 Å². The van der Waals surface area contributed by atoms with E-state index in [1.165, 1.54) is 61.0 Å². The van der Waals surface area contributed by atoms with Crippen molar-refractivity contribution in [1.29, 1.82) is 0 Å². The van der Waals surface area contributed by atoms with Crippen molar-refractivity contribution in [1.82, 2.24) is 4.90 Å². The van der Waals surface area contributed by atoms with Crippen LogP contribution in [0, 0.1) is 0 Å². The standard InChI is InChI=1S/C33H48N2O2S.BrH/c1-6-7-8-9-10-11-12-13-19-37-31-21-27(17-18-30(31)33(3,4)5)22-32(36)34-29-16-14-15-28(20-29)24-35-23-26(2)38-25-35;/h14-18,20-21,23H,6-13,19,22,24-25H2,1-5H3,(H,34,36);1H. The van der Waals surface area contributed by atoms with Crippen molar-refractivity contribution in [2.45, 2.75) is 104 Å². The monoisotopic (exact) mass is 616 g/mol. The fraction of sp³-hybridized carbons (Fsp3) is 0.545. The number of hydrogen-bond acceptors (Lipinski definition) is 4. The van der Waals surface area contributed by atoms with E-state index in [0.29, 0.717) is 6.42 Å². The minimum atomic E-state index is -0.0165. The lowest BCUT2D eigenvalue weighted by Crippen LogP contribution is -2.17. The van der Waals surface area contributed by atoms with Crippen molar-refractivity contribution in [3.63, 3.8) is 0 Å². The maximum atomic E-state index is 12.9. The predicted octanol–water partition coefficient (Wildman–Crippen LogP) is 9.63. The molecule has 1 heterocycles. The molecule has 0 radical (unpaired) electrons. The zero-order valence-corrected chi connectivity index (χ0v) is 27.2. The lowest BCUT2D eigenvalue weighted by Gasteiger charge is -2.23. The molecule has 6 heteroatoms. The Morgan fingerprint density at radius 3 is 2.36 bits per heavy atom. The highest BCUT2D eigenvalue weighted by Gasteiger charge is 2.20. The van der Waals surface area contributed by atoms with Gasteiger partial charge < -0.3 is 15.0 Å². The molecule has 0 atom stereocenters. The SMILES string of the molecule is Br.CCCCCCCCCCOc1cc(CC(=O)Nc2cccc(CN3C=C(C)SC3)c2)ccc1C(C)(C)C. The molecule has 1 aliphatic rings. The van der Waals surface area contributed by atoms with Crippen molar-refractivity contribution in [3.8, 4) is 5.75 Å². The second-order valence-corrected chi connectivity index (χ2v) is 12.8. The summed E-state index contributed by atoms with van der Waals surface area (Å²) in [6.45, 7) is 12.6. The average Bonchev–Trinajstić information content (AvgIpc) is 3.26. The Morgan fingerprint density at radius 1 is 0.974 bits per heavy atom. The third-order valence-corrected chi connectivity index (χ3v) is 7.91. The number of carbonyl (C=O) groups is 1. The van der Waals surface area contributed by atoms with E-state index in [9.17, 15) is 4.79 Å². The topological polar surface area (TPSA) is 41.6 Å². The van der Waals surface area contributed by atoms with Crippen LogP contribution in [0.5, 0.6) is 5.75 Å². The Bertz CT molecular complexity index is 1060. The number of nitrogens with one attached hydrogen (secondary N) is 1. The van der Waals surface area contributed by atoms with Crippen LogP contribution < -0.4 is 10.1 Å². The summed E-state index contributed by atoms with van der Waals surface area (Å²) in [7, 11) is 0. The number of benzene rings is 2. The van der Waals surface area contributed by atoms with Crippen molar-refractivity contribution in [2.75, 3.05) is 17.8 Å². The van der Waals surface area contributed by atoms with Gasteiger partial charge in [-0.15, -0.1) is 28.7 Å². The summed E-state index contributed by atoms with van der Waals surface area (Å²) in [5.41, 5.74) is 4.20. The fourth-order valence-electron chi connectivity index (χ4n) is 4.81. The van der Waals surface area contributed by atoms with Crippen LogP contribution >= 0.6 is 28.7 Å². The number of allylic oxidation sites excluding steroid dienone is 1. The molecule has 0 unspecified atom stereocenters. The van der Waals surface area contributed by atoms with Gasteiger partial charge in [0.05, 0.1) is 18.9 Å². The van der Waals surface area contributed by atoms with E-state index in [-0.39, 0.29) is 28.3 Å². The van der Waals surface area contributed by atoms with E-state index in [0.717, 1.165) is 42.4 Å². The maximum absolute atomic E-state index is 12.9. The van der Waals surface area contributed by atoms with E-state index in [1.807, 2.05) is 23.9 Å². The number of amides is 1. The molecule has 0 aliphatic carbocycles. The summed E-state index contributed by atoms with van der Waals surface area (Å²) >= 11 is 1.86. The van der Waals surface area contributed by atoms with Crippen molar-refractivity contribution in [3.05, 3.63) is 70.3 Å². The zero-order chi connectivity index (χ0) is 27.4. The lowest BCUT2D eigenvalue weighted by atomic mass is 9.85. The molecule has 4 nitrogen and oxygen atoms in total. The van der Waals surface area contributed by atoms with Gasteiger partial charge in [0.15, 0.2) is 0 Å². The van der Waals surface area contributed by atoms with Crippen molar-refractivity contribution < 1.29 is 9.53 Å². The van der Waals surface area contributed by atoms with E-state index in [1.54, 1.807) is 0 Å². The smallest absolute Gasteiger partial charge is 0.228 e. The number of carbonyl (C=O) groups excluding carboxylic acids is 1. The number of nitrogens with zero attached hydrogens (tertiary/aromatic N) is 1. The van der Waals surface area contributed by atoms with Crippen LogP contribution in [0.4, 0.5) is 5.69 Å². The van der Waals surface area contributed by atoms with Crippen LogP contribution in [-0.2, 0) is 23.2 Å². The lowest BCUT2D eigenvalue weighted by molar-refractivity contribution is -0.115. The molecule has 3 rings (SSSR count). The fourth-order valence-corrected chi connectivity index (χ4v) is 5.57. The number of thioether (sulfide) groups is 1. The van der Waals surface area contributed by atoms with E-state index in [4.69, 9.17) is 4.74 Å². The largest absolute Gasteiger partial charge is 0.493 e. The molecule has 2 aromatic carbocycles. The van der Waals surface area contributed by atoms with E-state index in [2.05, 4.69) is 81.4 Å². The first kappa shape index (κ1) is 33.3. The molecule has 1 aliphatic heterocycles. The third kappa shape index (κ3) is 12.0. The maximum Gasteiger partial charge on any atom is 0.228 e. The molecule has 0 saturated heterocycles. The van der Waals surface area contributed by atoms with Crippen molar-refractivity contribution >= 4 is 40.3 Å². The quantitative estimate of drug-likeness (QED) is 0.202. The van der Waals surface area contributed by atoms with Gasteiger partial charge in [0.1, 0.15) is 5.75 Å². The Labute approximate surface area is 252 Å². The Kier molecular flexibility index (Phi) is 14.5. The van der Waals surface area contributed by atoms with Gasteiger partial charge in [-0.25, -0.2) is 0 Å². The van der Waals surface area contributed by atoms with Gasteiger partial charge in [0, 0.05) is 18.4 Å². The summed E-state index contributed by atoms with van der Waals surface area (Å²) in [4.78, 5) is 16.6.